The average molecular weight is 415 g/mol. The van der Waals surface area contributed by atoms with Crippen molar-refractivity contribution in [2.45, 2.75) is 32.7 Å². The first-order valence-corrected chi connectivity index (χ1v) is 10.5. The summed E-state index contributed by atoms with van der Waals surface area (Å²) in [5, 5.41) is 8.25. The summed E-state index contributed by atoms with van der Waals surface area (Å²) in [6.45, 7) is 4.26. The lowest BCUT2D eigenvalue weighted by Gasteiger charge is -2.38. The molecule has 158 valence electrons. The summed E-state index contributed by atoms with van der Waals surface area (Å²) in [6.07, 6.45) is 4.87. The Balaban J connectivity index is 1.62. The monoisotopic (exact) mass is 414 g/mol. The van der Waals surface area contributed by atoms with Crippen LogP contribution in [0.25, 0.3) is 11.4 Å². The number of ketones is 1. The number of anilines is 2. The van der Waals surface area contributed by atoms with Crippen molar-refractivity contribution < 1.29 is 4.79 Å². The third-order valence-electron chi connectivity index (χ3n) is 5.97. The molecule has 31 heavy (non-hydrogen) atoms. The lowest BCUT2D eigenvalue weighted by Crippen LogP contribution is -2.36. The highest BCUT2D eigenvalue weighted by atomic mass is 16.1. The van der Waals surface area contributed by atoms with Crippen LogP contribution in [-0.2, 0) is 4.79 Å². The molecule has 0 fully saturated rings. The first-order chi connectivity index (χ1) is 14.8. The van der Waals surface area contributed by atoms with Gasteiger partial charge < -0.3 is 10.2 Å². The molecule has 0 amide bonds. The van der Waals surface area contributed by atoms with E-state index >= 15 is 0 Å². The number of fused-ring (bicyclic) bond motifs is 1. The van der Waals surface area contributed by atoms with Crippen LogP contribution in [0.4, 0.5) is 11.6 Å². The standard InChI is InChI=1S/C24H26N6O/c1-24(2)12-18-20(19(31)13-24)21(16-6-5-11-25-14-16)30-23(26-18)27-22(28-30)15-7-9-17(10-8-15)29(3)4/h5-11,14,21H,12-13H2,1-4H3,(H,26,27,28)/t21-/m1/s1. The van der Waals surface area contributed by atoms with Gasteiger partial charge in [0, 0.05) is 55.4 Å². The molecule has 1 N–H and O–H groups in total. The van der Waals surface area contributed by atoms with Gasteiger partial charge in [0.2, 0.25) is 5.95 Å². The fraction of sp³-hybridized carbons (Fsp3) is 0.333. The number of Topliss-reactive ketones (excluding diaryl/α,β-unsaturated/α-hetero) is 1. The van der Waals surface area contributed by atoms with Gasteiger partial charge in [-0.1, -0.05) is 19.9 Å². The predicted octanol–water partition coefficient (Wildman–Crippen LogP) is 4.06. The molecule has 2 aliphatic rings. The molecular weight excluding hydrogens is 388 g/mol. The molecule has 0 saturated heterocycles. The molecule has 7 heteroatoms. The third-order valence-corrected chi connectivity index (χ3v) is 5.97. The highest BCUT2D eigenvalue weighted by Gasteiger charge is 2.41. The van der Waals surface area contributed by atoms with E-state index in [1.165, 1.54) is 0 Å². The van der Waals surface area contributed by atoms with E-state index in [0.29, 0.717) is 18.2 Å². The van der Waals surface area contributed by atoms with Crippen LogP contribution in [0.5, 0.6) is 0 Å². The number of carbonyl (C=O) groups excluding carboxylic acids is 1. The maximum Gasteiger partial charge on any atom is 0.226 e. The second-order valence-corrected chi connectivity index (χ2v) is 9.29. The van der Waals surface area contributed by atoms with Crippen LogP contribution in [0, 0.1) is 5.41 Å². The number of rotatable bonds is 3. The van der Waals surface area contributed by atoms with Crippen molar-refractivity contribution in [3.8, 4) is 11.4 Å². The summed E-state index contributed by atoms with van der Waals surface area (Å²) in [5.41, 5.74) is 4.62. The summed E-state index contributed by atoms with van der Waals surface area (Å²) in [7, 11) is 4.03. The number of hydrogen-bond donors (Lipinski definition) is 1. The van der Waals surface area contributed by atoms with E-state index in [2.05, 4.69) is 41.2 Å². The third kappa shape index (κ3) is 3.40. The normalized spacial score (nSPS) is 19.5. The molecule has 2 aromatic heterocycles. The molecule has 3 heterocycles. The zero-order valence-corrected chi connectivity index (χ0v) is 18.3. The Hall–Kier alpha value is -3.48. The van der Waals surface area contributed by atoms with Crippen LogP contribution in [0.15, 0.2) is 60.1 Å². The van der Waals surface area contributed by atoms with Crippen LogP contribution >= 0.6 is 0 Å². The van der Waals surface area contributed by atoms with Crippen molar-refractivity contribution in [2.24, 2.45) is 5.41 Å². The highest BCUT2D eigenvalue weighted by Crippen LogP contribution is 2.45. The van der Waals surface area contributed by atoms with Gasteiger partial charge in [-0.15, -0.1) is 5.10 Å². The second-order valence-electron chi connectivity index (χ2n) is 9.29. The minimum Gasteiger partial charge on any atom is -0.378 e. The van der Waals surface area contributed by atoms with Crippen molar-refractivity contribution in [1.29, 1.82) is 0 Å². The quantitative estimate of drug-likeness (QED) is 0.696. The average Bonchev–Trinajstić information content (AvgIpc) is 3.15. The summed E-state index contributed by atoms with van der Waals surface area (Å²) in [6, 6.07) is 11.7. The number of carbonyl (C=O) groups is 1. The van der Waals surface area contributed by atoms with Crippen LogP contribution in [0.1, 0.15) is 38.3 Å². The summed E-state index contributed by atoms with van der Waals surface area (Å²) in [5.74, 6) is 1.45. The SMILES string of the molecule is CN(C)c1ccc(-c2nc3n(n2)[C@H](c2cccnc2)C2=C(CC(C)(C)CC2=O)N3)cc1. The molecule has 0 radical (unpaired) electrons. The van der Waals surface area contributed by atoms with Gasteiger partial charge in [-0.05, 0) is 47.7 Å². The minimum absolute atomic E-state index is 0.0879. The van der Waals surface area contributed by atoms with Crippen molar-refractivity contribution in [3.63, 3.8) is 0 Å². The van der Waals surface area contributed by atoms with Gasteiger partial charge in [0.1, 0.15) is 6.04 Å². The van der Waals surface area contributed by atoms with Crippen LogP contribution in [-0.4, -0.2) is 39.6 Å². The van der Waals surface area contributed by atoms with Gasteiger partial charge in [0.05, 0.1) is 0 Å². The Morgan fingerprint density at radius 2 is 1.90 bits per heavy atom. The van der Waals surface area contributed by atoms with E-state index in [1.807, 2.05) is 49.2 Å². The number of allylic oxidation sites excluding steroid dienone is 2. The molecule has 3 aromatic rings. The van der Waals surface area contributed by atoms with Crippen LogP contribution in [0.3, 0.4) is 0 Å². The van der Waals surface area contributed by atoms with E-state index in [1.54, 1.807) is 6.20 Å². The molecule has 1 aliphatic carbocycles. The van der Waals surface area contributed by atoms with Crippen molar-refractivity contribution >= 4 is 17.4 Å². The Morgan fingerprint density at radius 1 is 1.13 bits per heavy atom. The summed E-state index contributed by atoms with van der Waals surface area (Å²) < 4.78 is 1.83. The molecular formula is C24H26N6O. The van der Waals surface area contributed by atoms with Crippen molar-refractivity contribution in [1.82, 2.24) is 19.7 Å². The van der Waals surface area contributed by atoms with E-state index in [4.69, 9.17) is 10.1 Å². The molecule has 1 aromatic carbocycles. The van der Waals surface area contributed by atoms with Gasteiger partial charge in [-0.3, -0.25) is 9.78 Å². The fourth-order valence-electron chi connectivity index (χ4n) is 4.49. The Kier molecular flexibility index (Phi) is 4.43. The molecule has 0 unspecified atom stereocenters. The smallest absolute Gasteiger partial charge is 0.226 e. The molecule has 0 saturated carbocycles. The van der Waals surface area contributed by atoms with E-state index < -0.39 is 0 Å². The second kappa shape index (κ2) is 7.04. The van der Waals surface area contributed by atoms with Gasteiger partial charge in [-0.25, -0.2) is 4.68 Å². The van der Waals surface area contributed by atoms with E-state index in [-0.39, 0.29) is 17.2 Å². The molecule has 1 atom stereocenters. The minimum atomic E-state index is -0.328. The zero-order valence-electron chi connectivity index (χ0n) is 18.3. The summed E-state index contributed by atoms with van der Waals surface area (Å²) in [4.78, 5) is 24.4. The lowest BCUT2D eigenvalue weighted by molar-refractivity contribution is -0.118. The van der Waals surface area contributed by atoms with Crippen LogP contribution < -0.4 is 10.2 Å². The number of nitrogens with one attached hydrogen (secondary N) is 1. The summed E-state index contributed by atoms with van der Waals surface area (Å²) >= 11 is 0. The number of aromatic nitrogens is 4. The maximum absolute atomic E-state index is 13.2. The Bertz CT molecular complexity index is 1170. The van der Waals surface area contributed by atoms with E-state index in [9.17, 15) is 4.79 Å². The topological polar surface area (TPSA) is 75.9 Å². The highest BCUT2D eigenvalue weighted by molar-refractivity contribution is 6.00. The van der Waals surface area contributed by atoms with Gasteiger partial charge >= 0.3 is 0 Å². The van der Waals surface area contributed by atoms with Crippen molar-refractivity contribution in [3.05, 3.63) is 65.6 Å². The number of benzene rings is 1. The predicted molar refractivity (Wildman–Crippen MR) is 121 cm³/mol. The Morgan fingerprint density at radius 3 is 2.58 bits per heavy atom. The molecule has 1 aliphatic heterocycles. The number of hydrogen-bond acceptors (Lipinski definition) is 6. The van der Waals surface area contributed by atoms with Gasteiger partial charge in [0.25, 0.3) is 0 Å². The molecule has 7 nitrogen and oxygen atoms in total. The molecule has 0 bridgehead atoms. The number of pyridine rings is 1. The first-order valence-electron chi connectivity index (χ1n) is 10.5. The first kappa shape index (κ1) is 19.5. The maximum atomic E-state index is 13.2. The number of nitrogens with zero attached hydrogens (tertiary/aromatic N) is 5. The van der Waals surface area contributed by atoms with Crippen LogP contribution in [0.2, 0.25) is 0 Å². The Labute approximate surface area is 181 Å². The fourth-order valence-corrected chi connectivity index (χ4v) is 4.49. The zero-order chi connectivity index (χ0) is 21.8. The largest absolute Gasteiger partial charge is 0.378 e. The lowest BCUT2D eigenvalue weighted by atomic mass is 9.73. The molecule has 5 rings (SSSR count). The van der Waals surface area contributed by atoms with E-state index in [0.717, 1.165) is 34.5 Å². The van der Waals surface area contributed by atoms with Crippen molar-refractivity contribution in [2.75, 3.05) is 24.3 Å². The van der Waals surface area contributed by atoms with Gasteiger partial charge in [-0.2, -0.15) is 4.98 Å². The van der Waals surface area contributed by atoms with Gasteiger partial charge in [0.15, 0.2) is 11.6 Å². The molecule has 0 spiro atoms.